The van der Waals surface area contributed by atoms with Gasteiger partial charge in [0.05, 0.1) is 12.6 Å². The van der Waals surface area contributed by atoms with Crippen LogP contribution in [0.1, 0.15) is 39.5 Å². The third-order valence-electron chi connectivity index (χ3n) is 4.71. The Labute approximate surface area is 110 Å². The van der Waals surface area contributed by atoms with Gasteiger partial charge in [-0.1, -0.05) is 12.3 Å². The molecule has 5 unspecified atom stereocenters. The number of terminal acetylenes is 1. The predicted molar refractivity (Wildman–Crippen MR) is 72.8 cm³/mol. The van der Waals surface area contributed by atoms with Gasteiger partial charge in [-0.2, -0.15) is 0 Å². The third-order valence-corrected chi connectivity index (χ3v) is 4.71. The molecule has 0 aromatic heterocycles. The zero-order valence-corrected chi connectivity index (χ0v) is 11.4. The van der Waals surface area contributed by atoms with Crippen LogP contribution in [0.5, 0.6) is 0 Å². The van der Waals surface area contributed by atoms with Gasteiger partial charge >= 0.3 is 0 Å². The second kappa shape index (κ2) is 5.75. The first-order valence-electron chi connectivity index (χ1n) is 7.09. The minimum Gasteiger partial charge on any atom is -0.344 e. The number of hydrogen-bond acceptors (Lipinski definition) is 2. The monoisotopic (exact) mass is 248 g/mol. The summed E-state index contributed by atoms with van der Waals surface area (Å²) in [7, 11) is 0. The van der Waals surface area contributed by atoms with Crippen molar-refractivity contribution in [3.63, 3.8) is 0 Å². The van der Waals surface area contributed by atoms with Crippen molar-refractivity contribution in [3.05, 3.63) is 0 Å². The molecule has 0 radical (unpaired) electrons. The number of hydrogen-bond donors (Lipinski definition) is 2. The van der Waals surface area contributed by atoms with Gasteiger partial charge in [-0.25, -0.2) is 0 Å². The molecular formula is C15H24N2O. The van der Waals surface area contributed by atoms with Crippen LogP contribution in [0.15, 0.2) is 0 Å². The summed E-state index contributed by atoms with van der Waals surface area (Å²) in [6.07, 6.45) is 10.7. The zero-order chi connectivity index (χ0) is 13.1. The normalized spacial score (nSPS) is 32.8. The van der Waals surface area contributed by atoms with Crippen LogP contribution < -0.4 is 10.6 Å². The zero-order valence-electron chi connectivity index (χ0n) is 11.4. The van der Waals surface area contributed by atoms with E-state index in [0.29, 0.717) is 12.6 Å². The lowest BCUT2D eigenvalue weighted by Gasteiger charge is -2.30. The van der Waals surface area contributed by atoms with Crippen LogP contribution in [0.4, 0.5) is 0 Å². The smallest absolute Gasteiger partial charge is 0.237 e. The van der Waals surface area contributed by atoms with Crippen molar-refractivity contribution < 1.29 is 4.79 Å². The second-order valence-electron chi connectivity index (χ2n) is 5.94. The van der Waals surface area contributed by atoms with E-state index in [0.717, 1.165) is 17.8 Å². The highest BCUT2D eigenvalue weighted by Gasteiger charge is 2.42. The molecule has 2 aliphatic rings. The Balaban J connectivity index is 1.78. The second-order valence-corrected chi connectivity index (χ2v) is 5.94. The molecule has 2 rings (SSSR count). The van der Waals surface area contributed by atoms with E-state index in [1.54, 1.807) is 0 Å². The van der Waals surface area contributed by atoms with Crippen molar-refractivity contribution >= 4 is 5.91 Å². The van der Waals surface area contributed by atoms with Gasteiger partial charge in [0.2, 0.25) is 5.91 Å². The van der Waals surface area contributed by atoms with Crippen LogP contribution in [0.3, 0.4) is 0 Å². The lowest BCUT2D eigenvalue weighted by Crippen LogP contribution is -2.48. The Hall–Kier alpha value is -1.01. The highest BCUT2D eigenvalue weighted by molar-refractivity contribution is 5.81. The van der Waals surface area contributed by atoms with Crippen molar-refractivity contribution in [2.45, 2.75) is 51.6 Å². The fourth-order valence-electron chi connectivity index (χ4n) is 3.79. The van der Waals surface area contributed by atoms with Crippen LogP contribution in [-0.4, -0.2) is 24.5 Å². The van der Waals surface area contributed by atoms with E-state index in [4.69, 9.17) is 6.42 Å². The van der Waals surface area contributed by atoms with Crippen LogP contribution in [0.2, 0.25) is 0 Å². The van der Waals surface area contributed by atoms with Crippen LogP contribution in [0.25, 0.3) is 0 Å². The highest BCUT2D eigenvalue weighted by Crippen LogP contribution is 2.49. The van der Waals surface area contributed by atoms with Gasteiger partial charge in [0.1, 0.15) is 0 Å². The average molecular weight is 248 g/mol. The van der Waals surface area contributed by atoms with E-state index in [1.807, 2.05) is 6.92 Å². The number of amides is 1. The number of carbonyl (C=O) groups excluding carboxylic acids is 1. The van der Waals surface area contributed by atoms with Crippen LogP contribution in [-0.2, 0) is 4.79 Å². The molecule has 2 bridgehead atoms. The van der Waals surface area contributed by atoms with Crippen LogP contribution >= 0.6 is 0 Å². The quantitative estimate of drug-likeness (QED) is 0.725. The first-order chi connectivity index (χ1) is 8.61. The molecule has 5 atom stereocenters. The lowest BCUT2D eigenvalue weighted by atomic mass is 9.84. The predicted octanol–water partition coefficient (Wildman–Crippen LogP) is 1.54. The summed E-state index contributed by atoms with van der Waals surface area (Å²) in [6.45, 7) is 4.44. The topological polar surface area (TPSA) is 41.1 Å². The van der Waals surface area contributed by atoms with E-state index in [-0.39, 0.29) is 11.9 Å². The molecule has 0 aromatic carbocycles. The number of fused-ring (bicyclic) bond motifs is 2. The Bertz CT molecular complexity index is 347. The minimum atomic E-state index is -0.160. The maximum absolute atomic E-state index is 11.7. The molecule has 0 saturated heterocycles. The fraction of sp³-hybridized carbons (Fsp3) is 0.800. The molecule has 0 aromatic rings. The van der Waals surface area contributed by atoms with E-state index in [1.165, 1.54) is 25.7 Å². The molecule has 2 saturated carbocycles. The Morgan fingerprint density at radius 2 is 2.17 bits per heavy atom. The van der Waals surface area contributed by atoms with Crippen molar-refractivity contribution in [1.82, 2.24) is 10.6 Å². The first-order valence-corrected chi connectivity index (χ1v) is 7.09. The lowest BCUT2D eigenvalue weighted by molar-refractivity contribution is -0.122. The molecule has 3 nitrogen and oxygen atoms in total. The third kappa shape index (κ3) is 2.87. The highest BCUT2D eigenvalue weighted by atomic mass is 16.2. The summed E-state index contributed by atoms with van der Waals surface area (Å²) in [5.74, 6) is 5.02. The molecule has 100 valence electrons. The molecule has 3 heteroatoms. The van der Waals surface area contributed by atoms with Gasteiger partial charge in [-0.05, 0) is 50.9 Å². The van der Waals surface area contributed by atoms with Gasteiger partial charge in [0.25, 0.3) is 0 Å². The first kappa shape index (κ1) is 13.4. The average Bonchev–Trinajstić information content (AvgIpc) is 2.97. The van der Waals surface area contributed by atoms with Gasteiger partial charge in [0, 0.05) is 6.04 Å². The Kier molecular flexibility index (Phi) is 4.29. The van der Waals surface area contributed by atoms with Crippen LogP contribution in [0, 0.1) is 30.1 Å². The Morgan fingerprint density at radius 1 is 1.39 bits per heavy atom. The molecule has 2 N–H and O–H groups in total. The van der Waals surface area contributed by atoms with E-state index >= 15 is 0 Å². The number of rotatable bonds is 5. The summed E-state index contributed by atoms with van der Waals surface area (Å²) in [6, 6.07) is 0.263. The van der Waals surface area contributed by atoms with Gasteiger partial charge in [0.15, 0.2) is 0 Å². The maximum Gasteiger partial charge on any atom is 0.237 e. The maximum atomic E-state index is 11.7. The van der Waals surface area contributed by atoms with Gasteiger partial charge in [-0.3, -0.25) is 4.79 Å². The van der Waals surface area contributed by atoms with Gasteiger partial charge < -0.3 is 10.6 Å². The molecule has 1 amide bonds. The standard InChI is InChI=1S/C15H24N2O/c1-4-7-16-15(18)11(3)17-10(2)14-9-12-5-6-13(14)8-12/h1,10-14,17H,5-9H2,2-3H3,(H,16,18). The summed E-state index contributed by atoms with van der Waals surface area (Å²) in [4.78, 5) is 11.7. The molecule has 2 aliphatic carbocycles. The molecule has 0 spiro atoms. The van der Waals surface area contributed by atoms with Crippen molar-refractivity contribution in [2.24, 2.45) is 17.8 Å². The summed E-state index contributed by atoms with van der Waals surface area (Å²) < 4.78 is 0. The SMILES string of the molecule is C#CCNC(=O)C(C)NC(C)C1CC2CCC1C2. The molecule has 18 heavy (non-hydrogen) atoms. The molecular weight excluding hydrogens is 224 g/mol. The largest absolute Gasteiger partial charge is 0.344 e. The molecule has 0 heterocycles. The minimum absolute atomic E-state index is 0.00274. The van der Waals surface area contributed by atoms with E-state index in [2.05, 4.69) is 23.5 Å². The summed E-state index contributed by atoms with van der Waals surface area (Å²) >= 11 is 0. The molecule has 0 aliphatic heterocycles. The fourth-order valence-corrected chi connectivity index (χ4v) is 3.79. The van der Waals surface area contributed by atoms with Crippen molar-refractivity contribution in [1.29, 1.82) is 0 Å². The van der Waals surface area contributed by atoms with Gasteiger partial charge in [-0.15, -0.1) is 6.42 Å². The van der Waals surface area contributed by atoms with E-state index < -0.39 is 0 Å². The summed E-state index contributed by atoms with van der Waals surface area (Å²) in [5.41, 5.74) is 0. The van der Waals surface area contributed by atoms with Crippen molar-refractivity contribution in [3.8, 4) is 12.3 Å². The summed E-state index contributed by atoms with van der Waals surface area (Å²) in [5, 5.41) is 6.16. The Morgan fingerprint density at radius 3 is 2.72 bits per heavy atom. The number of nitrogens with one attached hydrogen (secondary N) is 2. The molecule has 2 fully saturated rings. The number of carbonyl (C=O) groups is 1. The van der Waals surface area contributed by atoms with E-state index in [9.17, 15) is 4.79 Å². The van der Waals surface area contributed by atoms with Crippen molar-refractivity contribution in [2.75, 3.05) is 6.54 Å².